The van der Waals surface area contributed by atoms with Gasteiger partial charge in [-0.3, -0.25) is 4.79 Å². The Morgan fingerprint density at radius 3 is 2.65 bits per heavy atom. The molecule has 3 nitrogen and oxygen atoms in total. The van der Waals surface area contributed by atoms with Crippen molar-refractivity contribution >= 4 is 27.5 Å². The van der Waals surface area contributed by atoms with Crippen LogP contribution in [0.25, 0.3) is 0 Å². The molecule has 0 heterocycles. The maximum absolute atomic E-state index is 12.9. The normalized spacial score (nSPS) is 13.1. The van der Waals surface area contributed by atoms with Crippen LogP contribution >= 0.6 is 15.9 Å². The van der Waals surface area contributed by atoms with Crippen LogP contribution in [0.15, 0.2) is 22.7 Å². The van der Waals surface area contributed by atoms with Crippen LogP contribution in [0.3, 0.4) is 0 Å². The summed E-state index contributed by atoms with van der Waals surface area (Å²) in [5.41, 5.74) is 4.46. The van der Waals surface area contributed by atoms with Crippen molar-refractivity contribution < 1.29 is 18.0 Å². The van der Waals surface area contributed by atoms with Crippen molar-refractivity contribution in [3.8, 4) is 0 Å². The van der Waals surface area contributed by atoms with Crippen molar-refractivity contribution in [3.05, 3.63) is 28.2 Å². The van der Waals surface area contributed by atoms with Crippen LogP contribution in [0.1, 0.15) is 31.7 Å². The molecule has 112 valence electrons. The number of rotatable bonds is 5. The zero-order chi connectivity index (χ0) is 15.3. The maximum Gasteiger partial charge on any atom is 0.418 e. The van der Waals surface area contributed by atoms with E-state index in [-0.39, 0.29) is 10.2 Å². The van der Waals surface area contributed by atoms with E-state index in [1.54, 1.807) is 0 Å². The zero-order valence-corrected chi connectivity index (χ0v) is 12.5. The fourth-order valence-corrected chi connectivity index (χ4v) is 2.00. The molecule has 0 aromatic heterocycles. The molecule has 20 heavy (non-hydrogen) atoms. The number of hydrogen-bond donors (Lipinski definition) is 2. The first kappa shape index (κ1) is 17.0. The van der Waals surface area contributed by atoms with Crippen LogP contribution in [-0.2, 0) is 11.0 Å². The van der Waals surface area contributed by atoms with Gasteiger partial charge in [-0.25, -0.2) is 0 Å². The minimum absolute atomic E-state index is 0.280. The Hall–Kier alpha value is -1.08. The summed E-state index contributed by atoms with van der Waals surface area (Å²) in [7, 11) is 0. The third kappa shape index (κ3) is 4.79. The summed E-state index contributed by atoms with van der Waals surface area (Å²) in [6, 6.07) is 2.76. The molecule has 1 atom stereocenters. The van der Waals surface area contributed by atoms with Crippen molar-refractivity contribution in [2.75, 3.05) is 5.32 Å². The second kappa shape index (κ2) is 7.08. The molecular formula is C13H16BrF3N2O. The van der Waals surface area contributed by atoms with Gasteiger partial charge in [-0.15, -0.1) is 0 Å². The summed E-state index contributed by atoms with van der Waals surface area (Å²) in [5.74, 6) is -0.605. The van der Waals surface area contributed by atoms with Crippen molar-refractivity contribution in [1.82, 2.24) is 0 Å². The number of carbonyl (C=O) groups is 1. The molecule has 0 fully saturated rings. The van der Waals surface area contributed by atoms with Crippen LogP contribution in [0.2, 0.25) is 0 Å². The van der Waals surface area contributed by atoms with E-state index in [4.69, 9.17) is 5.73 Å². The molecule has 1 rings (SSSR count). The van der Waals surface area contributed by atoms with Gasteiger partial charge in [0, 0.05) is 4.47 Å². The van der Waals surface area contributed by atoms with Gasteiger partial charge in [0.1, 0.15) is 0 Å². The van der Waals surface area contributed by atoms with Crippen LogP contribution < -0.4 is 11.1 Å². The van der Waals surface area contributed by atoms with E-state index in [1.165, 1.54) is 12.1 Å². The Morgan fingerprint density at radius 2 is 2.10 bits per heavy atom. The van der Waals surface area contributed by atoms with Crippen molar-refractivity contribution in [1.29, 1.82) is 0 Å². The molecule has 0 aliphatic rings. The van der Waals surface area contributed by atoms with Gasteiger partial charge in [0.15, 0.2) is 0 Å². The Balaban J connectivity index is 2.90. The quantitative estimate of drug-likeness (QED) is 0.843. The molecule has 0 radical (unpaired) electrons. The molecule has 0 bridgehead atoms. The third-order valence-electron chi connectivity index (χ3n) is 2.75. The Morgan fingerprint density at radius 1 is 1.45 bits per heavy atom. The summed E-state index contributed by atoms with van der Waals surface area (Å²) in [6.07, 6.45) is -2.48. The molecule has 1 amide bonds. The van der Waals surface area contributed by atoms with E-state index in [2.05, 4.69) is 21.2 Å². The lowest BCUT2D eigenvalue weighted by Gasteiger charge is -2.16. The SMILES string of the molecule is CCCC[C@H](N)C(=O)Nc1ccc(Br)cc1C(F)(F)F. The molecule has 0 saturated heterocycles. The number of carbonyl (C=O) groups excluding carboxylic acids is 1. The smallest absolute Gasteiger partial charge is 0.324 e. The predicted octanol–water partition coefficient (Wildman–Crippen LogP) is 3.92. The van der Waals surface area contributed by atoms with Crippen molar-refractivity contribution in [2.45, 2.75) is 38.4 Å². The number of nitrogens with two attached hydrogens (primary N) is 1. The summed E-state index contributed by atoms with van der Waals surface area (Å²) >= 11 is 2.98. The van der Waals surface area contributed by atoms with Gasteiger partial charge in [0.05, 0.1) is 17.3 Å². The lowest BCUT2D eigenvalue weighted by molar-refractivity contribution is -0.137. The molecule has 1 aromatic rings. The van der Waals surface area contributed by atoms with Gasteiger partial charge in [0.25, 0.3) is 0 Å². The minimum atomic E-state index is -4.54. The molecule has 0 saturated carbocycles. The standard InChI is InChI=1S/C13H16BrF3N2O/c1-2-3-4-10(18)12(20)19-11-6-5-8(14)7-9(11)13(15,16)17/h5-7,10H,2-4,18H2,1H3,(H,19,20)/t10-/m0/s1. The molecule has 0 aliphatic heterocycles. The first-order valence-electron chi connectivity index (χ1n) is 6.19. The molecule has 3 N–H and O–H groups in total. The van der Waals surface area contributed by atoms with Crippen molar-refractivity contribution in [3.63, 3.8) is 0 Å². The third-order valence-corrected chi connectivity index (χ3v) is 3.24. The first-order chi connectivity index (χ1) is 9.25. The topological polar surface area (TPSA) is 55.1 Å². The zero-order valence-electron chi connectivity index (χ0n) is 10.9. The van der Waals surface area contributed by atoms with Crippen LogP contribution in [0.5, 0.6) is 0 Å². The first-order valence-corrected chi connectivity index (χ1v) is 6.98. The average Bonchev–Trinajstić information content (AvgIpc) is 2.36. The fraction of sp³-hybridized carbons (Fsp3) is 0.462. The van der Waals surface area contributed by atoms with E-state index < -0.39 is 23.7 Å². The average molecular weight is 353 g/mol. The number of unbranched alkanes of at least 4 members (excludes halogenated alkanes) is 1. The number of halogens is 4. The number of amides is 1. The van der Waals surface area contributed by atoms with Crippen LogP contribution in [0.4, 0.5) is 18.9 Å². The highest BCUT2D eigenvalue weighted by Gasteiger charge is 2.34. The lowest BCUT2D eigenvalue weighted by atomic mass is 10.1. The molecule has 1 aromatic carbocycles. The number of hydrogen-bond acceptors (Lipinski definition) is 2. The number of anilines is 1. The van der Waals surface area contributed by atoms with Crippen LogP contribution in [0, 0.1) is 0 Å². The molecule has 0 unspecified atom stereocenters. The second-order valence-electron chi connectivity index (χ2n) is 4.43. The summed E-state index contributed by atoms with van der Waals surface area (Å²) in [4.78, 5) is 11.8. The van der Waals surface area contributed by atoms with Crippen molar-refractivity contribution in [2.24, 2.45) is 5.73 Å². The highest BCUT2D eigenvalue weighted by Crippen LogP contribution is 2.36. The molecule has 7 heteroatoms. The van der Waals surface area contributed by atoms with E-state index in [0.29, 0.717) is 6.42 Å². The monoisotopic (exact) mass is 352 g/mol. The lowest BCUT2D eigenvalue weighted by Crippen LogP contribution is -2.36. The predicted molar refractivity (Wildman–Crippen MR) is 75.3 cm³/mol. The molecular weight excluding hydrogens is 337 g/mol. The molecule has 0 aliphatic carbocycles. The summed E-state index contributed by atoms with van der Waals surface area (Å²) < 4.78 is 38.9. The van der Waals surface area contributed by atoms with Gasteiger partial charge in [0.2, 0.25) is 5.91 Å². The highest BCUT2D eigenvalue weighted by molar-refractivity contribution is 9.10. The number of nitrogens with one attached hydrogen (secondary N) is 1. The van der Waals surface area contributed by atoms with Gasteiger partial charge in [-0.05, 0) is 24.6 Å². The van der Waals surface area contributed by atoms with Gasteiger partial charge in [-0.2, -0.15) is 13.2 Å². The van der Waals surface area contributed by atoms with Crippen LogP contribution in [-0.4, -0.2) is 11.9 Å². The van der Waals surface area contributed by atoms with E-state index >= 15 is 0 Å². The highest BCUT2D eigenvalue weighted by atomic mass is 79.9. The number of benzene rings is 1. The minimum Gasteiger partial charge on any atom is -0.324 e. The van der Waals surface area contributed by atoms with Gasteiger partial charge < -0.3 is 11.1 Å². The summed E-state index contributed by atoms with van der Waals surface area (Å²) in [5, 5.41) is 2.25. The Labute approximate surface area is 123 Å². The summed E-state index contributed by atoms with van der Waals surface area (Å²) in [6.45, 7) is 1.95. The van der Waals surface area contributed by atoms with E-state index in [9.17, 15) is 18.0 Å². The molecule has 0 spiro atoms. The maximum atomic E-state index is 12.9. The Bertz CT molecular complexity index is 477. The second-order valence-corrected chi connectivity index (χ2v) is 5.34. The van der Waals surface area contributed by atoms with Gasteiger partial charge in [-0.1, -0.05) is 35.7 Å². The number of alkyl halides is 3. The van der Waals surface area contributed by atoms with Gasteiger partial charge >= 0.3 is 6.18 Å². The largest absolute Gasteiger partial charge is 0.418 e. The fourth-order valence-electron chi connectivity index (χ4n) is 1.64. The Kier molecular flexibility index (Phi) is 6.01. The van der Waals surface area contributed by atoms with E-state index in [0.717, 1.165) is 18.9 Å². The van der Waals surface area contributed by atoms with E-state index in [1.807, 2.05) is 6.92 Å².